The van der Waals surface area contributed by atoms with Crippen molar-refractivity contribution in [1.29, 1.82) is 0 Å². The normalized spacial score (nSPS) is 14.5. The molecule has 0 fully saturated rings. The van der Waals surface area contributed by atoms with Gasteiger partial charge in [-0.3, -0.25) is 4.79 Å². The van der Waals surface area contributed by atoms with Crippen LogP contribution >= 0.6 is 11.7 Å². The zero-order valence-corrected chi connectivity index (χ0v) is 9.98. The third kappa shape index (κ3) is 1.82. The van der Waals surface area contributed by atoms with Crippen LogP contribution in [0.4, 0.5) is 5.69 Å². The SMILES string of the molecule is O=C(c1cnsn1)N1CCCc2ccccc21. The molecule has 1 aromatic heterocycles. The van der Waals surface area contributed by atoms with Crippen molar-refractivity contribution in [2.24, 2.45) is 0 Å². The van der Waals surface area contributed by atoms with Gasteiger partial charge in [0.15, 0.2) is 5.69 Å². The maximum Gasteiger partial charge on any atom is 0.279 e. The van der Waals surface area contributed by atoms with E-state index >= 15 is 0 Å². The monoisotopic (exact) mass is 245 g/mol. The fourth-order valence-corrected chi connectivity index (χ4v) is 2.55. The topological polar surface area (TPSA) is 46.1 Å². The van der Waals surface area contributed by atoms with Crippen molar-refractivity contribution in [2.45, 2.75) is 12.8 Å². The van der Waals surface area contributed by atoms with Crippen LogP contribution in [0.2, 0.25) is 0 Å². The highest BCUT2D eigenvalue weighted by Crippen LogP contribution is 2.27. The first-order chi connectivity index (χ1) is 8.36. The van der Waals surface area contributed by atoms with E-state index < -0.39 is 0 Å². The van der Waals surface area contributed by atoms with Crippen LogP contribution in [-0.4, -0.2) is 21.2 Å². The molecule has 0 saturated heterocycles. The van der Waals surface area contributed by atoms with E-state index in [0.29, 0.717) is 5.69 Å². The van der Waals surface area contributed by atoms with Gasteiger partial charge in [0.25, 0.3) is 5.91 Å². The summed E-state index contributed by atoms with van der Waals surface area (Å²) in [6.07, 6.45) is 3.57. The number of fused-ring (bicyclic) bond motifs is 1. The minimum atomic E-state index is -0.0501. The van der Waals surface area contributed by atoms with Gasteiger partial charge in [-0.2, -0.15) is 8.75 Å². The summed E-state index contributed by atoms with van der Waals surface area (Å²) in [5.74, 6) is -0.0501. The number of aryl methyl sites for hydroxylation is 1. The predicted molar refractivity (Wildman–Crippen MR) is 66.3 cm³/mol. The lowest BCUT2D eigenvalue weighted by Gasteiger charge is -2.28. The summed E-state index contributed by atoms with van der Waals surface area (Å²) in [5, 5.41) is 0. The molecule has 86 valence electrons. The van der Waals surface area contributed by atoms with Crippen LogP contribution in [0.1, 0.15) is 22.5 Å². The molecule has 1 aliphatic heterocycles. The standard InChI is InChI=1S/C12H11N3OS/c16-12(10-8-13-17-14-10)15-7-3-5-9-4-1-2-6-11(9)15/h1-2,4,6,8H,3,5,7H2. The fraction of sp³-hybridized carbons (Fsp3) is 0.250. The molecule has 0 bridgehead atoms. The van der Waals surface area contributed by atoms with Crippen LogP contribution < -0.4 is 4.90 Å². The van der Waals surface area contributed by atoms with Crippen LogP contribution in [0.25, 0.3) is 0 Å². The number of carbonyl (C=O) groups excluding carboxylic acids is 1. The van der Waals surface area contributed by atoms with Crippen LogP contribution in [0.5, 0.6) is 0 Å². The van der Waals surface area contributed by atoms with E-state index in [-0.39, 0.29) is 5.91 Å². The van der Waals surface area contributed by atoms with Gasteiger partial charge in [-0.1, -0.05) is 18.2 Å². The Morgan fingerprint density at radius 1 is 1.35 bits per heavy atom. The molecule has 17 heavy (non-hydrogen) atoms. The van der Waals surface area contributed by atoms with Gasteiger partial charge in [-0.15, -0.1) is 0 Å². The summed E-state index contributed by atoms with van der Waals surface area (Å²) < 4.78 is 7.88. The third-order valence-electron chi connectivity index (χ3n) is 2.94. The van der Waals surface area contributed by atoms with Gasteiger partial charge in [0.1, 0.15) is 0 Å². The largest absolute Gasteiger partial charge is 0.307 e. The maximum atomic E-state index is 12.3. The van der Waals surface area contributed by atoms with E-state index in [1.807, 2.05) is 18.2 Å². The Labute approximate surface area is 103 Å². The van der Waals surface area contributed by atoms with E-state index in [1.165, 1.54) is 11.8 Å². The maximum absolute atomic E-state index is 12.3. The van der Waals surface area contributed by atoms with E-state index in [1.54, 1.807) is 4.90 Å². The van der Waals surface area contributed by atoms with Gasteiger partial charge in [0.2, 0.25) is 0 Å². The molecular weight excluding hydrogens is 234 g/mol. The van der Waals surface area contributed by atoms with Crippen molar-refractivity contribution in [1.82, 2.24) is 8.75 Å². The zero-order chi connectivity index (χ0) is 11.7. The average Bonchev–Trinajstić information content (AvgIpc) is 2.91. The van der Waals surface area contributed by atoms with E-state index in [2.05, 4.69) is 14.8 Å². The Hall–Kier alpha value is -1.75. The Bertz CT molecular complexity index is 538. The van der Waals surface area contributed by atoms with Crippen molar-refractivity contribution >= 4 is 23.3 Å². The quantitative estimate of drug-likeness (QED) is 0.773. The lowest BCUT2D eigenvalue weighted by atomic mass is 10.0. The fourth-order valence-electron chi connectivity index (χ4n) is 2.14. The van der Waals surface area contributed by atoms with Crippen molar-refractivity contribution in [3.63, 3.8) is 0 Å². The molecule has 2 heterocycles. The summed E-state index contributed by atoms with van der Waals surface area (Å²) in [7, 11) is 0. The first kappa shape index (κ1) is 10.4. The summed E-state index contributed by atoms with van der Waals surface area (Å²) in [6, 6.07) is 8.04. The number of hydrogen-bond donors (Lipinski definition) is 0. The summed E-state index contributed by atoms with van der Waals surface area (Å²) in [5.41, 5.74) is 2.68. The molecule has 0 spiro atoms. The number of aromatic nitrogens is 2. The van der Waals surface area contributed by atoms with Gasteiger partial charge < -0.3 is 4.90 Å². The molecule has 5 heteroatoms. The van der Waals surface area contributed by atoms with Gasteiger partial charge >= 0.3 is 0 Å². The number of rotatable bonds is 1. The summed E-state index contributed by atoms with van der Waals surface area (Å²) in [4.78, 5) is 14.1. The van der Waals surface area contributed by atoms with E-state index in [9.17, 15) is 4.79 Å². The number of amides is 1. The first-order valence-corrected chi connectivity index (χ1v) is 6.26. The van der Waals surface area contributed by atoms with Gasteiger partial charge in [-0.25, -0.2) is 0 Å². The lowest BCUT2D eigenvalue weighted by Crippen LogP contribution is -2.35. The second kappa shape index (κ2) is 4.25. The Balaban J connectivity index is 1.98. The second-order valence-corrected chi connectivity index (χ2v) is 4.54. The highest BCUT2D eigenvalue weighted by molar-refractivity contribution is 6.99. The van der Waals surface area contributed by atoms with Crippen LogP contribution in [0.15, 0.2) is 30.5 Å². The molecule has 1 aromatic carbocycles. The number of carbonyl (C=O) groups is 1. The zero-order valence-electron chi connectivity index (χ0n) is 9.17. The number of hydrogen-bond acceptors (Lipinski definition) is 4. The molecule has 0 aliphatic carbocycles. The lowest BCUT2D eigenvalue weighted by molar-refractivity contribution is 0.0981. The Kier molecular flexibility index (Phi) is 2.60. The Morgan fingerprint density at radius 2 is 2.24 bits per heavy atom. The van der Waals surface area contributed by atoms with Crippen LogP contribution in [-0.2, 0) is 6.42 Å². The van der Waals surface area contributed by atoms with Gasteiger partial charge in [0, 0.05) is 12.2 Å². The molecule has 0 unspecified atom stereocenters. The second-order valence-electron chi connectivity index (χ2n) is 3.98. The van der Waals surface area contributed by atoms with Crippen molar-refractivity contribution in [3.05, 3.63) is 41.7 Å². The van der Waals surface area contributed by atoms with Crippen LogP contribution in [0.3, 0.4) is 0 Å². The van der Waals surface area contributed by atoms with Crippen molar-refractivity contribution in [2.75, 3.05) is 11.4 Å². The molecule has 0 radical (unpaired) electrons. The average molecular weight is 245 g/mol. The molecule has 4 nitrogen and oxygen atoms in total. The molecule has 0 N–H and O–H groups in total. The predicted octanol–water partition coefficient (Wildman–Crippen LogP) is 2.13. The first-order valence-electron chi connectivity index (χ1n) is 5.53. The van der Waals surface area contributed by atoms with Crippen molar-refractivity contribution in [3.8, 4) is 0 Å². The number of benzene rings is 1. The third-order valence-corrected chi connectivity index (χ3v) is 3.41. The van der Waals surface area contributed by atoms with E-state index in [0.717, 1.165) is 36.8 Å². The molecule has 1 amide bonds. The van der Waals surface area contributed by atoms with Crippen molar-refractivity contribution < 1.29 is 4.79 Å². The number of nitrogens with zero attached hydrogens (tertiary/aromatic N) is 3. The highest BCUT2D eigenvalue weighted by atomic mass is 32.1. The molecule has 0 atom stereocenters. The molecule has 1 aliphatic rings. The van der Waals surface area contributed by atoms with Crippen LogP contribution in [0, 0.1) is 0 Å². The Morgan fingerprint density at radius 3 is 3.06 bits per heavy atom. The van der Waals surface area contributed by atoms with Gasteiger partial charge in [-0.05, 0) is 24.5 Å². The minimum Gasteiger partial charge on any atom is -0.307 e. The molecular formula is C12H11N3OS. The smallest absolute Gasteiger partial charge is 0.279 e. The molecule has 2 aromatic rings. The molecule has 0 saturated carbocycles. The molecule has 3 rings (SSSR count). The number of para-hydroxylation sites is 1. The highest BCUT2D eigenvalue weighted by Gasteiger charge is 2.24. The van der Waals surface area contributed by atoms with E-state index in [4.69, 9.17) is 0 Å². The summed E-state index contributed by atoms with van der Waals surface area (Å²) in [6.45, 7) is 0.757. The number of anilines is 1. The van der Waals surface area contributed by atoms with Gasteiger partial charge in [0.05, 0.1) is 17.9 Å². The minimum absolute atomic E-state index is 0.0501. The summed E-state index contributed by atoms with van der Waals surface area (Å²) >= 11 is 1.07.